The van der Waals surface area contributed by atoms with Gasteiger partial charge < -0.3 is 21.6 Å². The van der Waals surface area contributed by atoms with Crippen LogP contribution in [0.5, 0.6) is 0 Å². The van der Waals surface area contributed by atoms with Crippen LogP contribution < -0.4 is 16.4 Å². The fourth-order valence-corrected chi connectivity index (χ4v) is 1.64. The Bertz CT molecular complexity index is 443. The van der Waals surface area contributed by atoms with E-state index in [0.717, 1.165) is 18.5 Å². The first-order valence-electron chi connectivity index (χ1n) is 6.71. The van der Waals surface area contributed by atoms with Gasteiger partial charge >= 0.3 is 0 Å². The van der Waals surface area contributed by atoms with Gasteiger partial charge in [-0.15, -0.1) is 0 Å². The van der Waals surface area contributed by atoms with Gasteiger partial charge in [-0.25, -0.2) is 0 Å². The average Bonchev–Trinajstić information content (AvgIpc) is 2.49. The first-order valence-corrected chi connectivity index (χ1v) is 6.71. The molecule has 0 fully saturated rings. The maximum atomic E-state index is 11.4. The van der Waals surface area contributed by atoms with E-state index in [1.165, 1.54) is 0 Å². The summed E-state index contributed by atoms with van der Waals surface area (Å²) in [6, 6.07) is 7.38. The van der Waals surface area contributed by atoms with E-state index in [0.29, 0.717) is 25.1 Å². The van der Waals surface area contributed by atoms with E-state index in [1.54, 1.807) is 12.1 Å². The summed E-state index contributed by atoms with van der Waals surface area (Å²) < 4.78 is 0. The Morgan fingerprint density at radius 2 is 2.00 bits per heavy atom. The molecule has 6 nitrogen and oxygen atoms in total. The summed E-state index contributed by atoms with van der Waals surface area (Å²) in [5.41, 5.74) is 7.23. The van der Waals surface area contributed by atoms with E-state index in [-0.39, 0.29) is 11.7 Å². The van der Waals surface area contributed by atoms with Crippen molar-refractivity contribution in [3.05, 3.63) is 35.4 Å². The van der Waals surface area contributed by atoms with Gasteiger partial charge in [0.1, 0.15) is 0 Å². The van der Waals surface area contributed by atoms with Crippen molar-refractivity contribution in [2.45, 2.75) is 26.3 Å². The molecule has 0 spiro atoms. The van der Waals surface area contributed by atoms with Crippen LogP contribution in [0.2, 0.25) is 0 Å². The first-order chi connectivity index (χ1) is 9.67. The highest BCUT2D eigenvalue weighted by atomic mass is 16.4. The van der Waals surface area contributed by atoms with Gasteiger partial charge in [0.15, 0.2) is 5.84 Å². The highest BCUT2D eigenvalue weighted by molar-refractivity contribution is 5.96. The molecule has 0 saturated heterocycles. The molecule has 0 unspecified atom stereocenters. The average molecular weight is 278 g/mol. The second-order valence-electron chi connectivity index (χ2n) is 4.46. The van der Waals surface area contributed by atoms with Crippen LogP contribution in [0.4, 0.5) is 0 Å². The lowest BCUT2D eigenvalue weighted by molar-refractivity contribution is -0.120. The minimum atomic E-state index is 0.0710. The normalized spacial score (nSPS) is 11.3. The summed E-state index contributed by atoms with van der Waals surface area (Å²) in [5, 5.41) is 17.5. The van der Waals surface area contributed by atoms with Crippen molar-refractivity contribution >= 4 is 11.7 Å². The van der Waals surface area contributed by atoms with E-state index < -0.39 is 0 Å². The first kappa shape index (κ1) is 16.0. The molecule has 0 radical (unpaired) electrons. The number of nitrogens with one attached hydrogen (secondary N) is 2. The fraction of sp³-hybridized carbons (Fsp3) is 0.429. The van der Waals surface area contributed by atoms with Gasteiger partial charge in [0.05, 0.1) is 0 Å². The summed E-state index contributed by atoms with van der Waals surface area (Å²) in [5.74, 6) is 0.165. The van der Waals surface area contributed by atoms with Gasteiger partial charge in [0.2, 0.25) is 5.91 Å². The third kappa shape index (κ3) is 5.71. The number of benzene rings is 1. The van der Waals surface area contributed by atoms with Gasteiger partial charge in [0, 0.05) is 31.6 Å². The minimum absolute atomic E-state index is 0.0710. The lowest BCUT2D eigenvalue weighted by Crippen LogP contribution is -2.28. The Balaban J connectivity index is 2.27. The Morgan fingerprint density at radius 1 is 1.30 bits per heavy atom. The molecule has 0 aliphatic carbocycles. The lowest BCUT2D eigenvalue weighted by atomic mass is 10.1. The van der Waals surface area contributed by atoms with Crippen LogP contribution in [-0.2, 0) is 11.3 Å². The second-order valence-corrected chi connectivity index (χ2v) is 4.46. The molecular formula is C14H22N4O2. The van der Waals surface area contributed by atoms with Gasteiger partial charge in [0.25, 0.3) is 0 Å². The number of nitrogens with two attached hydrogens (primary N) is 1. The van der Waals surface area contributed by atoms with Crippen LogP contribution in [0.1, 0.15) is 30.9 Å². The highest BCUT2D eigenvalue weighted by Crippen LogP contribution is 2.04. The molecule has 0 aliphatic heterocycles. The zero-order valence-corrected chi connectivity index (χ0v) is 11.7. The van der Waals surface area contributed by atoms with E-state index in [2.05, 4.69) is 15.8 Å². The topological polar surface area (TPSA) is 99.7 Å². The van der Waals surface area contributed by atoms with E-state index in [1.807, 2.05) is 19.1 Å². The summed E-state index contributed by atoms with van der Waals surface area (Å²) in [4.78, 5) is 11.4. The number of oxime groups is 1. The van der Waals surface area contributed by atoms with E-state index >= 15 is 0 Å². The molecule has 6 heteroatoms. The molecule has 5 N–H and O–H groups in total. The summed E-state index contributed by atoms with van der Waals surface area (Å²) in [6.45, 7) is 4.07. The number of amidine groups is 1. The van der Waals surface area contributed by atoms with Crippen LogP contribution in [0, 0.1) is 0 Å². The largest absolute Gasteiger partial charge is 0.409 e. The van der Waals surface area contributed by atoms with Crippen LogP contribution in [0.15, 0.2) is 29.4 Å². The summed E-state index contributed by atoms with van der Waals surface area (Å²) >= 11 is 0. The monoisotopic (exact) mass is 278 g/mol. The van der Waals surface area contributed by atoms with Crippen molar-refractivity contribution in [2.24, 2.45) is 10.9 Å². The van der Waals surface area contributed by atoms with Gasteiger partial charge in [-0.2, -0.15) is 0 Å². The minimum Gasteiger partial charge on any atom is -0.409 e. The summed E-state index contributed by atoms with van der Waals surface area (Å²) in [7, 11) is 0. The molecule has 20 heavy (non-hydrogen) atoms. The predicted octanol–water partition coefficient (Wildman–Crippen LogP) is 0.787. The zero-order chi connectivity index (χ0) is 14.8. The maximum Gasteiger partial charge on any atom is 0.221 e. The summed E-state index contributed by atoms with van der Waals surface area (Å²) in [6.07, 6.45) is 1.42. The molecular weight excluding hydrogens is 256 g/mol. The van der Waals surface area contributed by atoms with Crippen LogP contribution in [0.3, 0.4) is 0 Å². The molecule has 1 aromatic rings. The van der Waals surface area contributed by atoms with Gasteiger partial charge in [-0.1, -0.05) is 36.3 Å². The number of amides is 1. The molecule has 0 aromatic heterocycles. The van der Waals surface area contributed by atoms with Crippen LogP contribution >= 0.6 is 0 Å². The fourth-order valence-electron chi connectivity index (χ4n) is 1.64. The number of carbonyl (C=O) groups excluding carboxylic acids is 1. The molecule has 0 heterocycles. The third-order valence-corrected chi connectivity index (χ3v) is 2.79. The van der Waals surface area contributed by atoms with Crippen molar-refractivity contribution in [1.29, 1.82) is 0 Å². The van der Waals surface area contributed by atoms with Gasteiger partial charge in [-0.05, 0) is 12.0 Å². The number of hydrogen-bond donors (Lipinski definition) is 4. The van der Waals surface area contributed by atoms with Crippen LogP contribution in [-0.4, -0.2) is 30.0 Å². The molecule has 0 saturated carbocycles. The third-order valence-electron chi connectivity index (χ3n) is 2.79. The van der Waals surface area contributed by atoms with E-state index in [4.69, 9.17) is 10.9 Å². The molecule has 0 bridgehead atoms. The molecule has 1 rings (SSSR count). The quantitative estimate of drug-likeness (QED) is 0.186. The Morgan fingerprint density at radius 3 is 2.60 bits per heavy atom. The van der Waals surface area contributed by atoms with Crippen molar-refractivity contribution < 1.29 is 10.0 Å². The highest BCUT2D eigenvalue weighted by Gasteiger charge is 2.01. The number of rotatable bonds is 8. The molecule has 110 valence electrons. The number of nitrogens with zero attached hydrogens (tertiary/aromatic N) is 1. The molecule has 0 atom stereocenters. The van der Waals surface area contributed by atoms with Gasteiger partial charge in [-0.3, -0.25) is 4.79 Å². The standard InChI is InChI=1S/C14H22N4O2/c1-2-8-17-13(19)7-9-16-10-11-3-5-12(6-4-11)14(15)18-20/h3-6,16,20H,2,7-10H2,1H3,(H2,15,18)(H,17,19). The molecule has 1 aromatic carbocycles. The van der Waals surface area contributed by atoms with Crippen molar-refractivity contribution in [2.75, 3.05) is 13.1 Å². The Hall–Kier alpha value is -2.08. The Kier molecular flexibility index (Phi) is 7.13. The molecule has 1 amide bonds. The zero-order valence-electron chi connectivity index (χ0n) is 11.7. The van der Waals surface area contributed by atoms with Crippen molar-refractivity contribution in [3.8, 4) is 0 Å². The van der Waals surface area contributed by atoms with Crippen molar-refractivity contribution in [3.63, 3.8) is 0 Å². The van der Waals surface area contributed by atoms with Crippen LogP contribution in [0.25, 0.3) is 0 Å². The lowest BCUT2D eigenvalue weighted by Gasteiger charge is -2.06. The maximum absolute atomic E-state index is 11.4. The SMILES string of the molecule is CCCNC(=O)CCNCc1ccc(C(N)=NO)cc1. The predicted molar refractivity (Wildman–Crippen MR) is 78.6 cm³/mol. The van der Waals surface area contributed by atoms with Crippen molar-refractivity contribution in [1.82, 2.24) is 10.6 Å². The number of hydrogen-bond acceptors (Lipinski definition) is 4. The van der Waals surface area contributed by atoms with E-state index in [9.17, 15) is 4.79 Å². The smallest absolute Gasteiger partial charge is 0.221 e. The molecule has 0 aliphatic rings. The number of carbonyl (C=O) groups is 1. The Labute approximate surface area is 119 Å². The second kappa shape index (κ2) is 8.92.